The van der Waals surface area contributed by atoms with E-state index in [4.69, 9.17) is 14.3 Å². The minimum absolute atomic E-state index is 0.114. The lowest BCUT2D eigenvalue weighted by Crippen LogP contribution is -2.17. The molecule has 1 aromatic carbocycles. The van der Waals surface area contributed by atoms with Gasteiger partial charge in [0.2, 0.25) is 15.9 Å². The lowest BCUT2D eigenvalue weighted by atomic mass is 10.1. The molecular weight excluding hydrogens is 322 g/mol. The van der Waals surface area contributed by atoms with E-state index in [0.717, 1.165) is 0 Å². The molecular formula is C14H17N3O5S. The largest absolute Gasteiger partial charge is 0.449 e. The van der Waals surface area contributed by atoms with E-state index < -0.39 is 22.1 Å². The van der Waals surface area contributed by atoms with Gasteiger partial charge in [0, 0.05) is 6.92 Å². The highest BCUT2D eigenvalue weighted by Crippen LogP contribution is 2.23. The zero-order valence-corrected chi connectivity index (χ0v) is 14.0. The van der Waals surface area contributed by atoms with Gasteiger partial charge in [0.05, 0.1) is 10.5 Å². The van der Waals surface area contributed by atoms with Crippen LogP contribution >= 0.6 is 0 Å². The fourth-order valence-electron chi connectivity index (χ4n) is 2.11. The van der Waals surface area contributed by atoms with Crippen LogP contribution in [0, 0.1) is 20.8 Å². The molecule has 9 heteroatoms. The number of nitrogens with zero attached hydrogens (tertiary/aromatic N) is 2. The van der Waals surface area contributed by atoms with Crippen LogP contribution in [-0.2, 0) is 14.8 Å². The quantitative estimate of drug-likeness (QED) is 0.838. The molecule has 0 spiro atoms. The standard InChI is InChI=1S/C14H17N3O5S/c1-7-5-8(2)12(23(15,19)20)6-11(7)14(18)21-9(3)13-17-16-10(4)22-13/h5-6,9H,1-4H3,(H2,15,19,20)/t9-/m0/s1. The summed E-state index contributed by atoms with van der Waals surface area (Å²) in [6.07, 6.45) is -0.762. The number of rotatable bonds is 4. The van der Waals surface area contributed by atoms with Gasteiger partial charge < -0.3 is 9.15 Å². The first-order valence-corrected chi connectivity index (χ1v) is 8.29. The van der Waals surface area contributed by atoms with Gasteiger partial charge >= 0.3 is 5.97 Å². The lowest BCUT2D eigenvalue weighted by Gasteiger charge is -2.13. The Morgan fingerprint density at radius 2 is 1.87 bits per heavy atom. The Morgan fingerprint density at radius 3 is 2.39 bits per heavy atom. The van der Waals surface area contributed by atoms with E-state index in [1.54, 1.807) is 33.8 Å². The fourth-order valence-corrected chi connectivity index (χ4v) is 2.90. The van der Waals surface area contributed by atoms with Gasteiger partial charge in [0.15, 0.2) is 6.10 Å². The van der Waals surface area contributed by atoms with Gasteiger partial charge in [-0.1, -0.05) is 6.07 Å². The Balaban J connectivity index is 2.32. The number of hydrogen-bond acceptors (Lipinski definition) is 7. The molecule has 0 aliphatic rings. The summed E-state index contributed by atoms with van der Waals surface area (Å²) in [4.78, 5) is 12.2. The van der Waals surface area contributed by atoms with Crippen molar-refractivity contribution in [2.24, 2.45) is 5.14 Å². The number of aryl methyl sites for hydroxylation is 3. The van der Waals surface area contributed by atoms with Crippen LogP contribution in [0.15, 0.2) is 21.4 Å². The molecule has 1 heterocycles. The van der Waals surface area contributed by atoms with Crippen LogP contribution in [0.3, 0.4) is 0 Å². The molecule has 0 aliphatic carbocycles. The maximum atomic E-state index is 12.3. The van der Waals surface area contributed by atoms with Crippen molar-refractivity contribution in [2.75, 3.05) is 0 Å². The van der Waals surface area contributed by atoms with Gasteiger partial charge in [-0.15, -0.1) is 10.2 Å². The average molecular weight is 339 g/mol. The first-order valence-electron chi connectivity index (χ1n) is 6.74. The number of primary sulfonamides is 1. The summed E-state index contributed by atoms with van der Waals surface area (Å²) < 4.78 is 33.6. The predicted octanol–water partition coefficient (Wildman–Crippen LogP) is 1.56. The predicted molar refractivity (Wildman–Crippen MR) is 80.2 cm³/mol. The van der Waals surface area contributed by atoms with Crippen LogP contribution in [0.2, 0.25) is 0 Å². The van der Waals surface area contributed by atoms with E-state index in [2.05, 4.69) is 10.2 Å². The summed E-state index contributed by atoms with van der Waals surface area (Å²) in [5, 5.41) is 12.6. The number of carbonyl (C=O) groups excluding carboxylic acids is 1. The normalized spacial score (nSPS) is 12.9. The molecule has 2 N–H and O–H groups in total. The highest BCUT2D eigenvalue weighted by Gasteiger charge is 2.22. The zero-order valence-electron chi connectivity index (χ0n) is 13.2. The molecule has 1 atom stereocenters. The van der Waals surface area contributed by atoms with E-state index in [0.29, 0.717) is 17.0 Å². The smallest absolute Gasteiger partial charge is 0.339 e. The third-order valence-corrected chi connectivity index (χ3v) is 4.27. The Bertz CT molecular complexity index is 857. The maximum absolute atomic E-state index is 12.3. The lowest BCUT2D eigenvalue weighted by molar-refractivity contribution is 0.0275. The Labute approximate surface area is 133 Å². The van der Waals surface area contributed by atoms with E-state index in [1.807, 2.05) is 0 Å². The molecule has 1 aromatic heterocycles. The Hall–Kier alpha value is -2.26. The van der Waals surface area contributed by atoms with E-state index >= 15 is 0 Å². The second kappa shape index (κ2) is 6.09. The molecule has 23 heavy (non-hydrogen) atoms. The minimum Gasteiger partial charge on any atom is -0.449 e. The van der Waals surface area contributed by atoms with E-state index in [9.17, 15) is 13.2 Å². The van der Waals surface area contributed by atoms with Gasteiger partial charge in [0.1, 0.15) is 0 Å². The van der Waals surface area contributed by atoms with Gasteiger partial charge in [-0.05, 0) is 38.0 Å². The summed E-state index contributed by atoms with van der Waals surface area (Å²) >= 11 is 0. The van der Waals surface area contributed by atoms with Crippen LogP contribution in [0.4, 0.5) is 0 Å². The molecule has 0 radical (unpaired) electrons. The highest BCUT2D eigenvalue weighted by molar-refractivity contribution is 7.89. The molecule has 0 amide bonds. The summed E-state index contributed by atoms with van der Waals surface area (Å²) in [6, 6.07) is 2.78. The number of sulfonamides is 1. The number of carbonyl (C=O) groups is 1. The fraction of sp³-hybridized carbons (Fsp3) is 0.357. The summed E-state index contributed by atoms with van der Waals surface area (Å²) in [6.45, 7) is 6.48. The molecule has 0 aliphatic heterocycles. The van der Waals surface area contributed by atoms with Crippen LogP contribution in [-0.4, -0.2) is 24.6 Å². The number of hydrogen-bond donors (Lipinski definition) is 1. The third-order valence-electron chi connectivity index (χ3n) is 3.22. The van der Waals surface area contributed by atoms with Crippen molar-refractivity contribution in [3.63, 3.8) is 0 Å². The second-order valence-electron chi connectivity index (χ2n) is 5.18. The second-order valence-corrected chi connectivity index (χ2v) is 6.71. The molecule has 8 nitrogen and oxygen atoms in total. The van der Waals surface area contributed by atoms with Gasteiger partial charge in [-0.3, -0.25) is 0 Å². The SMILES string of the molecule is Cc1nnc([C@H](C)OC(=O)c2cc(S(N)(=O)=O)c(C)cc2C)o1. The Kier molecular flexibility index (Phi) is 4.53. The monoisotopic (exact) mass is 339 g/mol. The van der Waals surface area contributed by atoms with Crippen molar-refractivity contribution in [3.8, 4) is 0 Å². The third kappa shape index (κ3) is 3.74. The zero-order chi connectivity index (χ0) is 17.4. The minimum atomic E-state index is -3.93. The van der Waals surface area contributed by atoms with Crippen molar-refractivity contribution in [1.82, 2.24) is 10.2 Å². The first-order chi connectivity index (χ1) is 10.6. The maximum Gasteiger partial charge on any atom is 0.339 e. The first kappa shape index (κ1) is 17.1. The molecule has 2 aromatic rings. The Morgan fingerprint density at radius 1 is 1.22 bits per heavy atom. The molecule has 0 bridgehead atoms. The molecule has 2 rings (SSSR count). The molecule has 0 unspecified atom stereocenters. The molecule has 0 fully saturated rings. The van der Waals surface area contributed by atoms with Crippen molar-refractivity contribution in [1.29, 1.82) is 0 Å². The molecule has 0 saturated carbocycles. The number of aromatic nitrogens is 2. The van der Waals surface area contributed by atoms with Gasteiger partial charge in [-0.2, -0.15) is 0 Å². The van der Waals surface area contributed by atoms with Crippen molar-refractivity contribution >= 4 is 16.0 Å². The number of nitrogens with two attached hydrogens (primary N) is 1. The topological polar surface area (TPSA) is 125 Å². The highest BCUT2D eigenvalue weighted by atomic mass is 32.2. The number of esters is 1. The van der Waals surface area contributed by atoms with Crippen LogP contribution in [0.25, 0.3) is 0 Å². The van der Waals surface area contributed by atoms with Gasteiger partial charge in [-0.25, -0.2) is 18.4 Å². The summed E-state index contributed by atoms with van der Waals surface area (Å²) in [5.41, 5.74) is 1.15. The van der Waals surface area contributed by atoms with Crippen LogP contribution in [0.1, 0.15) is 46.3 Å². The number of benzene rings is 1. The molecule has 0 saturated heterocycles. The van der Waals surface area contributed by atoms with Crippen LogP contribution in [0.5, 0.6) is 0 Å². The van der Waals surface area contributed by atoms with E-state index in [1.165, 1.54) is 6.07 Å². The molecule has 124 valence electrons. The van der Waals surface area contributed by atoms with Crippen molar-refractivity contribution < 1.29 is 22.4 Å². The van der Waals surface area contributed by atoms with Crippen LogP contribution < -0.4 is 5.14 Å². The summed E-state index contributed by atoms with van der Waals surface area (Å²) in [7, 11) is -3.93. The summed E-state index contributed by atoms with van der Waals surface area (Å²) in [5.74, 6) is -0.186. The average Bonchev–Trinajstić information content (AvgIpc) is 2.83. The number of ether oxygens (including phenoxy) is 1. The van der Waals surface area contributed by atoms with E-state index in [-0.39, 0.29) is 16.3 Å². The van der Waals surface area contributed by atoms with Crippen molar-refractivity contribution in [3.05, 3.63) is 40.6 Å². The van der Waals surface area contributed by atoms with Crippen molar-refractivity contribution in [2.45, 2.75) is 38.7 Å². The van der Waals surface area contributed by atoms with Gasteiger partial charge in [0.25, 0.3) is 5.89 Å².